The van der Waals surface area contributed by atoms with Crippen molar-refractivity contribution in [2.24, 2.45) is 5.14 Å². The molecule has 0 radical (unpaired) electrons. The molecule has 82 valence electrons. The third-order valence-electron chi connectivity index (χ3n) is 1.82. The van der Waals surface area contributed by atoms with Crippen LogP contribution in [0.3, 0.4) is 0 Å². The zero-order valence-electron chi connectivity index (χ0n) is 7.69. The standard InChI is InChI=1S/C8H8BrNO4S/c1-4-2-7(15(10,13)14)6(9)3-5(4)8(11)12/h2-3H,1H3,(H,11,12)(H2,10,13,14). The number of aromatic carboxylic acids is 1. The number of hydrogen-bond acceptors (Lipinski definition) is 3. The molecule has 7 heteroatoms. The fraction of sp³-hybridized carbons (Fsp3) is 0.125. The summed E-state index contributed by atoms with van der Waals surface area (Å²) < 4.78 is 22.3. The molecule has 0 heterocycles. The van der Waals surface area contributed by atoms with Gasteiger partial charge >= 0.3 is 5.97 Å². The summed E-state index contributed by atoms with van der Waals surface area (Å²) in [5.74, 6) is -1.12. The van der Waals surface area contributed by atoms with Crippen LogP contribution in [-0.2, 0) is 10.0 Å². The highest BCUT2D eigenvalue weighted by Gasteiger charge is 2.17. The SMILES string of the molecule is Cc1cc(S(N)(=O)=O)c(Br)cc1C(=O)O. The highest BCUT2D eigenvalue weighted by molar-refractivity contribution is 9.10. The molecule has 0 amide bonds. The van der Waals surface area contributed by atoms with Gasteiger partial charge in [-0.3, -0.25) is 0 Å². The van der Waals surface area contributed by atoms with Crippen molar-refractivity contribution in [2.75, 3.05) is 0 Å². The molecule has 15 heavy (non-hydrogen) atoms. The zero-order valence-corrected chi connectivity index (χ0v) is 10.1. The number of aryl methyl sites for hydroxylation is 1. The lowest BCUT2D eigenvalue weighted by Crippen LogP contribution is -2.14. The molecule has 0 unspecified atom stereocenters. The molecule has 0 atom stereocenters. The normalized spacial score (nSPS) is 11.4. The summed E-state index contributed by atoms with van der Waals surface area (Å²) in [4.78, 5) is 10.6. The minimum absolute atomic E-state index is 0.0364. The van der Waals surface area contributed by atoms with E-state index in [-0.39, 0.29) is 14.9 Å². The number of carboxylic acid groups (broad SMARTS) is 1. The maximum atomic E-state index is 11.1. The van der Waals surface area contributed by atoms with Gasteiger partial charge in [0.1, 0.15) is 0 Å². The second-order valence-corrected chi connectivity index (χ2v) is 5.33. The van der Waals surface area contributed by atoms with Crippen molar-refractivity contribution in [2.45, 2.75) is 11.8 Å². The molecule has 0 spiro atoms. The van der Waals surface area contributed by atoms with Crippen LogP contribution in [0.5, 0.6) is 0 Å². The van der Waals surface area contributed by atoms with E-state index in [1.165, 1.54) is 19.1 Å². The highest BCUT2D eigenvalue weighted by atomic mass is 79.9. The quantitative estimate of drug-likeness (QED) is 0.853. The first-order valence-electron chi connectivity index (χ1n) is 3.79. The van der Waals surface area contributed by atoms with Gasteiger partial charge in [-0.05, 0) is 40.5 Å². The summed E-state index contributed by atoms with van der Waals surface area (Å²) in [5.41, 5.74) is 0.379. The Morgan fingerprint density at radius 2 is 2.00 bits per heavy atom. The summed E-state index contributed by atoms with van der Waals surface area (Å²) in [6.07, 6.45) is 0. The molecular formula is C8H8BrNO4S. The molecule has 1 rings (SSSR count). The maximum Gasteiger partial charge on any atom is 0.335 e. The Hall–Kier alpha value is -0.920. The second kappa shape index (κ2) is 3.92. The van der Waals surface area contributed by atoms with E-state index in [9.17, 15) is 13.2 Å². The number of nitrogens with two attached hydrogens (primary N) is 1. The molecule has 3 N–H and O–H groups in total. The van der Waals surface area contributed by atoms with E-state index in [4.69, 9.17) is 10.2 Å². The van der Waals surface area contributed by atoms with Crippen molar-refractivity contribution in [3.63, 3.8) is 0 Å². The molecule has 0 saturated carbocycles. The van der Waals surface area contributed by atoms with E-state index in [1.807, 2.05) is 0 Å². The molecule has 0 aliphatic carbocycles. The lowest BCUT2D eigenvalue weighted by Gasteiger charge is -2.06. The Kier molecular flexibility index (Phi) is 3.17. The topological polar surface area (TPSA) is 97.5 Å². The minimum Gasteiger partial charge on any atom is -0.478 e. The fourth-order valence-corrected chi connectivity index (χ4v) is 2.80. The molecule has 0 bridgehead atoms. The van der Waals surface area contributed by atoms with Gasteiger partial charge in [-0.1, -0.05) is 0 Å². The number of carbonyl (C=O) groups is 1. The van der Waals surface area contributed by atoms with Gasteiger partial charge in [0.2, 0.25) is 10.0 Å². The van der Waals surface area contributed by atoms with Gasteiger partial charge in [0.25, 0.3) is 0 Å². The van der Waals surface area contributed by atoms with E-state index in [0.29, 0.717) is 5.56 Å². The van der Waals surface area contributed by atoms with Gasteiger partial charge in [-0.25, -0.2) is 18.4 Å². The summed E-state index contributed by atoms with van der Waals surface area (Å²) in [7, 11) is -3.84. The third kappa shape index (κ3) is 2.55. The Morgan fingerprint density at radius 1 is 1.47 bits per heavy atom. The summed E-state index contributed by atoms with van der Waals surface area (Å²) in [6, 6.07) is 2.44. The van der Waals surface area contributed by atoms with Crippen LogP contribution < -0.4 is 5.14 Å². The van der Waals surface area contributed by atoms with Crippen LogP contribution >= 0.6 is 15.9 Å². The largest absolute Gasteiger partial charge is 0.478 e. The van der Waals surface area contributed by atoms with Gasteiger partial charge in [0, 0.05) is 4.47 Å². The first kappa shape index (κ1) is 12.2. The van der Waals surface area contributed by atoms with Crippen LogP contribution in [0.25, 0.3) is 0 Å². The van der Waals surface area contributed by atoms with Crippen molar-refractivity contribution in [1.82, 2.24) is 0 Å². The van der Waals surface area contributed by atoms with Crippen LogP contribution in [0.2, 0.25) is 0 Å². The van der Waals surface area contributed by atoms with E-state index in [1.54, 1.807) is 0 Å². The first-order valence-corrected chi connectivity index (χ1v) is 6.13. The Bertz CT molecular complexity index is 524. The summed E-state index contributed by atoms with van der Waals surface area (Å²) >= 11 is 2.96. The number of halogens is 1. The molecule has 0 fully saturated rings. The van der Waals surface area contributed by atoms with E-state index >= 15 is 0 Å². The van der Waals surface area contributed by atoms with E-state index < -0.39 is 16.0 Å². The Balaban J connectivity index is 3.52. The van der Waals surface area contributed by atoms with Crippen molar-refractivity contribution in [3.05, 3.63) is 27.7 Å². The summed E-state index contributed by atoms with van der Waals surface area (Å²) in [6.45, 7) is 1.50. The van der Waals surface area contributed by atoms with Gasteiger partial charge in [-0.2, -0.15) is 0 Å². The number of hydrogen-bond donors (Lipinski definition) is 2. The lowest BCUT2D eigenvalue weighted by atomic mass is 10.1. The van der Waals surface area contributed by atoms with Gasteiger partial charge in [0.05, 0.1) is 10.5 Å². The van der Waals surface area contributed by atoms with Gasteiger partial charge < -0.3 is 5.11 Å². The van der Waals surface area contributed by atoms with Crippen molar-refractivity contribution < 1.29 is 18.3 Å². The van der Waals surface area contributed by atoms with Crippen LogP contribution in [0, 0.1) is 6.92 Å². The molecule has 0 aliphatic rings. The maximum absolute atomic E-state index is 11.1. The molecular weight excluding hydrogens is 286 g/mol. The number of benzene rings is 1. The van der Waals surface area contributed by atoms with Gasteiger partial charge in [0.15, 0.2) is 0 Å². The minimum atomic E-state index is -3.84. The van der Waals surface area contributed by atoms with Crippen molar-refractivity contribution in [1.29, 1.82) is 0 Å². The monoisotopic (exact) mass is 293 g/mol. The summed E-state index contributed by atoms with van der Waals surface area (Å²) in [5, 5.41) is 13.7. The van der Waals surface area contributed by atoms with Crippen molar-refractivity contribution >= 4 is 31.9 Å². The lowest BCUT2D eigenvalue weighted by molar-refractivity contribution is 0.0696. The van der Waals surface area contributed by atoms with Crippen LogP contribution in [0.4, 0.5) is 0 Å². The molecule has 0 aromatic heterocycles. The van der Waals surface area contributed by atoms with Crippen LogP contribution in [0.15, 0.2) is 21.5 Å². The van der Waals surface area contributed by atoms with E-state index in [2.05, 4.69) is 15.9 Å². The Labute approximate surface area is 95.1 Å². The van der Waals surface area contributed by atoms with Gasteiger partial charge in [-0.15, -0.1) is 0 Å². The molecule has 5 nitrogen and oxygen atoms in total. The number of carboxylic acids is 1. The van der Waals surface area contributed by atoms with E-state index in [0.717, 1.165) is 0 Å². The first-order chi connectivity index (χ1) is 6.73. The average molecular weight is 294 g/mol. The molecule has 0 saturated heterocycles. The second-order valence-electron chi connectivity index (χ2n) is 2.95. The predicted molar refractivity (Wildman–Crippen MR) is 57.2 cm³/mol. The van der Waals surface area contributed by atoms with Crippen LogP contribution in [-0.4, -0.2) is 19.5 Å². The fourth-order valence-electron chi connectivity index (χ4n) is 1.10. The van der Waals surface area contributed by atoms with Crippen LogP contribution in [0.1, 0.15) is 15.9 Å². The molecule has 1 aromatic rings. The smallest absolute Gasteiger partial charge is 0.335 e. The van der Waals surface area contributed by atoms with Crippen molar-refractivity contribution in [3.8, 4) is 0 Å². The number of primary sulfonamides is 1. The average Bonchev–Trinajstić information content (AvgIpc) is 2.06. The zero-order chi connectivity index (χ0) is 11.8. The third-order valence-corrected chi connectivity index (χ3v) is 3.69. The number of sulfonamides is 1. The Morgan fingerprint density at radius 3 is 2.40 bits per heavy atom. The number of rotatable bonds is 2. The molecule has 1 aromatic carbocycles. The highest BCUT2D eigenvalue weighted by Crippen LogP contribution is 2.24. The molecule has 0 aliphatic heterocycles. The predicted octanol–water partition coefficient (Wildman–Crippen LogP) is 1.10.